The minimum absolute atomic E-state index is 0.0325. The normalized spacial score (nSPS) is 11.7. The molecule has 33 heavy (non-hydrogen) atoms. The van der Waals surface area contributed by atoms with Crippen LogP contribution in [0.2, 0.25) is 5.02 Å². The fraction of sp³-hybridized carbons (Fsp3) is 0.120. The largest absolute Gasteiger partial charge is 0.459 e. The first-order chi connectivity index (χ1) is 16.0. The van der Waals surface area contributed by atoms with Crippen LogP contribution in [0.5, 0.6) is 0 Å². The second-order valence-corrected chi connectivity index (χ2v) is 7.84. The molecular formula is C25H20ClN3O4. The predicted octanol–water partition coefficient (Wildman–Crippen LogP) is 3.66. The van der Waals surface area contributed by atoms with E-state index in [1.165, 1.54) is 6.07 Å². The van der Waals surface area contributed by atoms with Crippen LogP contribution in [-0.4, -0.2) is 27.9 Å². The molecule has 8 heteroatoms. The summed E-state index contributed by atoms with van der Waals surface area (Å²) >= 11 is 5.91. The molecule has 1 unspecified atom stereocenters. The van der Waals surface area contributed by atoms with E-state index in [4.69, 9.17) is 16.3 Å². The number of aromatic nitrogens is 2. The molecule has 7 nitrogen and oxygen atoms in total. The van der Waals surface area contributed by atoms with Crippen LogP contribution in [0.4, 0.5) is 0 Å². The van der Waals surface area contributed by atoms with Crippen LogP contribution in [0.25, 0.3) is 10.9 Å². The fourth-order valence-corrected chi connectivity index (χ4v) is 3.56. The van der Waals surface area contributed by atoms with Crippen molar-refractivity contribution in [2.45, 2.75) is 19.1 Å². The number of nitrogens with zero attached hydrogens (tertiary/aromatic N) is 1. The number of halogens is 1. The first kappa shape index (κ1) is 22.2. The molecule has 4 rings (SSSR count). The summed E-state index contributed by atoms with van der Waals surface area (Å²) in [4.78, 5) is 44.7. The van der Waals surface area contributed by atoms with E-state index in [1.54, 1.807) is 54.9 Å². The Hall–Kier alpha value is -3.97. The van der Waals surface area contributed by atoms with Crippen LogP contribution in [0, 0.1) is 0 Å². The highest BCUT2D eigenvalue weighted by molar-refractivity contribution is 6.30. The fourth-order valence-electron chi connectivity index (χ4n) is 3.44. The summed E-state index contributed by atoms with van der Waals surface area (Å²) in [6.07, 6.45) is 3.29. The zero-order valence-corrected chi connectivity index (χ0v) is 18.2. The number of amides is 1. The lowest BCUT2D eigenvalue weighted by molar-refractivity contribution is -0.147. The molecular weight excluding hydrogens is 442 g/mol. The van der Waals surface area contributed by atoms with Crippen molar-refractivity contribution < 1.29 is 14.3 Å². The third-order valence-electron chi connectivity index (χ3n) is 5.09. The molecule has 0 spiro atoms. The molecule has 1 amide bonds. The zero-order chi connectivity index (χ0) is 23.2. The maximum absolute atomic E-state index is 13.0. The van der Waals surface area contributed by atoms with Gasteiger partial charge in [-0.25, -0.2) is 4.79 Å². The third-order valence-corrected chi connectivity index (χ3v) is 5.34. The topological polar surface area (TPSA) is 101 Å². The van der Waals surface area contributed by atoms with Gasteiger partial charge in [0.1, 0.15) is 12.6 Å². The van der Waals surface area contributed by atoms with Gasteiger partial charge in [0.2, 0.25) is 5.56 Å². The van der Waals surface area contributed by atoms with Gasteiger partial charge in [0.15, 0.2) is 0 Å². The quantitative estimate of drug-likeness (QED) is 0.409. The van der Waals surface area contributed by atoms with Gasteiger partial charge in [-0.2, -0.15) is 0 Å². The molecule has 2 aromatic carbocycles. The lowest BCUT2D eigenvalue weighted by atomic mass is 10.0. The van der Waals surface area contributed by atoms with E-state index in [2.05, 4.69) is 15.3 Å². The van der Waals surface area contributed by atoms with Crippen molar-refractivity contribution in [3.05, 3.63) is 111 Å². The van der Waals surface area contributed by atoms with E-state index < -0.39 is 17.9 Å². The average molecular weight is 462 g/mol. The molecule has 0 saturated carbocycles. The number of esters is 1. The number of carbonyl (C=O) groups is 2. The maximum atomic E-state index is 13.0. The molecule has 0 aliphatic rings. The number of hydrogen-bond donors (Lipinski definition) is 2. The van der Waals surface area contributed by atoms with Crippen LogP contribution < -0.4 is 10.9 Å². The monoisotopic (exact) mass is 461 g/mol. The van der Waals surface area contributed by atoms with Gasteiger partial charge in [-0.05, 0) is 53.6 Å². The number of fused-ring (bicyclic) bond motifs is 1. The van der Waals surface area contributed by atoms with Crippen LogP contribution in [0.3, 0.4) is 0 Å². The Balaban J connectivity index is 1.60. The van der Waals surface area contributed by atoms with Gasteiger partial charge in [-0.1, -0.05) is 29.8 Å². The smallest absolute Gasteiger partial charge is 0.329 e. The number of pyridine rings is 2. The lowest BCUT2D eigenvalue weighted by Gasteiger charge is -2.19. The van der Waals surface area contributed by atoms with Crippen molar-refractivity contribution in [1.29, 1.82) is 0 Å². The Morgan fingerprint density at radius 2 is 1.76 bits per heavy atom. The van der Waals surface area contributed by atoms with Crippen LogP contribution >= 0.6 is 11.6 Å². The number of carbonyl (C=O) groups excluding carboxylic acids is 2. The van der Waals surface area contributed by atoms with Gasteiger partial charge >= 0.3 is 5.97 Å². The molecule has 0 radical (unpaired) electrons. The van der Waals surface area contributed by atoms with Crippen molar-refractivity contribution in [2.75, 3.05) is 0 Å². The van der Waals surface area contributed by atoms with Crippen LogP contribution in [0.15, 0.2) is 83.9 Å². The highest BCUT2D eigenvalue weighted by atomic mass is 35.5. The summed E-state index contributed by atoms with van der Waals surface area (Å²) in [5.74, 6) is -1.06. The summed E-state index contributed by atoms with van der Waals surface area (Å²) in [6, 6.07) is 17.5. The predicted molar refractivity (Wildman–Crippen MR) is 125 cm³/mol. The Morgan fingerprint density at radius 3 is 2.52 bits per heavy atom. The molecule has 4 aromatic rings. The molecule has 0 fully saturated rings. The summed E-state index contributed by atoms with van der Waals surface area (Å²) in [6.45, 7) is 0.0325. The van der Waals surface area contributed by atoms with E-state index in [0.29, 0.717) is 21.7 Å². The van der Waals surface area contributed by atoms with E-state index in [0.717, 1.165) is 10.9 Å². The molecule has 1 atom stereocenters. The zero-order valence-electron chi connectivity index (χ0n) is 17.5. The molecule has 2 N–H and O–H groups in total. The number of benzene rings is 2. The first-order valence-electron chi connectivity index (χ1n) is 10.2. The Bertz CT molecular complexity index is 1340. The average Bonchev–Trinajstić information content (AvgIpc) is 2.83. The summed E-state index contributed by atoms with van der Waals surface area (Å²) in [5.41, 5.74) is 2.09. The van der Waals surface area contributed by atoms with Gasteiger partial charge in [0, 0.05) is 46.4 Å². The van der Waals surface area contributed by atoms with Crippen molar-refractivity contribution >= 4 is 34.4 Å². The second-order valence-electron chi connectivity index (χ2n) is 7.40. The number of aromatic amines is 1. The SMILES string of the molecule is O=C(NC(Cc1cc(=O)[nH]c2ccccc12)C(=O)OCc1ccncc1)c1ccc(Cl)cc1. The van der Waals surface area contributed by atoms with Gasteiger partial charge in [-0.15, -0.1) is 0 Å². The second kappa shape index (κ2) is 10.1. The van der Waals surface area contributed by atoms with E-state index >= 15 is 0 Å². The third kappa shape index (κ3) is 5.64. The highest BCUT2D eigenvalue weighted by Crippen LogP contribution is 2.17. The number of para-hydroxylation sites is 1. The maximum Gasteiger partial charge on any atom is 0.329 e. The van der Waals surface area contributed by atoms with E-state index in [-0.39, 0.29) is 18.6 Å². The molecule has 0 bridgehead atoms. The molecule has 166 valence electrons. The highest BCUT2D eigenvalue weighted by Gasteiger charge is 2.25. The van der Waals surface area contributed by atoms with E-state index in [1.807, 2.05) is 18.2 Å². The Labute approximate surface area is 194 Å². The Kier molecular flexibility index (Phi) is 6.80. The van der Waals surface area contributed by atoms with Crippen LogP contribution in [0.1, 0.15) is 21.5 Å². The van der Waals surface area contributed by atoms with E-state index in [9.17, 15) is 14.4 Å². The number of hydrogen-bond acceptors (Lipinski definition) is 5. The molecule has 2 heterocycles. The van der Waals surface area contributed by atoms with Gasteiger partial charge in [0.05, 0.1) is 0 Å². The van der Waals surface area contributed by atoms with Crippen LogP contribution in [-0.2, 0) is 22.6 Å². The van der Waals surface area contributed by atoms with Gasteiger partial charge in [-0.3, -0.25) is 14.6 Å². The van der Waals surface area contributed by atoms with Crippen molar-refractivity contribution in [2.24, 2.45) is 0 Å². The van der Waals surface area contributed by atoms with Crippen molar-refractivity contribution in [3.8, 4) is 0 Å². The molecule has 2 aromatic heterocycles. The van der Waals surface area contributed by atoms with Crippen molar-refractivity contribution in [1.82, 2.24) is 15.3 Å². The van der Waals surface area contributed by atoms with Gasteiger partial charge < -0.3 is 15.0 Å². The molecule has 0 saturated heterocycles. The summed E-state index contributed by atoms with van der Waals surface area (Å²) < 4.78 is 5.47. The van der Waals surface area contributed by atoms with Gasteiger partial charge in [0.25, 0.3) is 5.91 Å². The molecule has 0 aliphatic heterocycles. The Morgan fingerprint density at radius 1 is 1.03 bits per heavy atom. The minimum atomic E-state index is -1.01. The lowest BCUT2D eigenvalue weighted by Crippen LogP contribution is -2.43. The number of nitrogens with one attached hydrogen (secondary N) is 2. The summed E-state index contributed by atoms with van der Waals surface area (Å²) in [7, 11) is 0. The number of H-pyrrole nitrogens is 1. The minimum Gasteiger partial charge on any atom is -0.459 e. The standard InChI is InChI=1S/C25H20ClN3O4/c26-19-7-5-17(6-8-19)24(31)29-22(25(32)33-15-16-9-11-27-12-10-16)13-18-14-23(30)28-21-4-2-1-3-20(18)21/h1-12,14,22H,13,15H2,(H,28,30)(H,29,31). The molecule has 0 aliphatic carbocycles. The number of ether oxygens (including phenoxy) is 1. The first-order valence-corrected chi connectivity index (χ1v) is 10.6. The number of rotatable bonds is 7. The summed E-state index contributed by atoms with van der Waals surface area (Å²) in [5, 5.41) is 4.02. The van der Waals surface area contributed by atoms with Crippen molar-refractivity contribution in [3.63, 3.8) is 0 Å².